The van der Waals surface area contributed by atoms with Crippen molar-refractivity contribution in [1.82, 2.24) is 19.6 Å². The summed E-state index contributed by atoms with van der Waals surface area (Å²) in [5.74, 6) is 0.198. The molecule has 0 fully saturated rings. The van der Waals surface area contributed by atoms with Crippen molar-refractivity contribution < 1.29 is 0 Å². The third-order valence-electron chi connectivity index (χ3n) is 4.79. The van der Waals surface area contributed by atoms with Gasteiger partial charge in [0.2, 0.25) is 0 Å². The maximum absolute atomic E-state index is 4.81. The SMILES string of the molecule is Cc1cc(C)n([C@H](C)C2=CC=CC2c2ccn(-c3ccccc3)n2)n1. The summed E-state index contributed by atoms with van der Waals surface area (Å²) in [5.41, 5.74) is 5.71. The first-order chi connectivity index (χ1) is 12.1. The van der Waals surface area contributed by atoms with Crippen LogP contribution in [-0.4, -0.2) is 19.6 Å². The Morgan fingerprint density at radius 1 is 1.04 bits per heavy atom. The smallest absolute Gasteiger partial charge is 0.0739 e. The van der Waals surface area contributed by atoms with Gasteiger partial charge in [0.15, 0.2) is 0 Å². The van der Waals surface area contributed by atoms with Gasteiger partial charge in [0, 0.05) is 17.8 Å². The van der Waals surface area contributed by atoms with Gasteiger partial charge in [-0.15, -0.1) is 0 Å². The van der Waals surface area contributed by atoms with Crippen LogP contribution in [-0.2, 0) is 0 Å². The zero-order valence-electron chi connectivity index (χ0n) is 14.8. The molecule has 0 saturated carbocycles. The van der Waals surface area contributed by atoms with Crippen molar-refractivity contribution in [2.75, 3.05) is 0 Å². The van der Waals surface area contributed by atoms with Gasteiger partial charge in [0.25, 0.3) is 0 Å². The second-order valence-corrected chi connectivity index (χ2v) is 6.60. The van der Waals surface area contributed by atoms with Gasteiger partial charge >= 0.3 is 0 Å². The highest BCUT2D eigenvalue weighted by Gasteiger charge is 2.26. The number of rotatable bonds is 4. The lowest BCUT2D eigenvalue weighted by atomic mass is 9.94. The molecule has 25 heavy (non-hydrogen) atoms. The van der Waals surface area contributed by atoms with E-state index in [9.17, 15) is 0 Å². The fourth-order valence-corrected chi connectivity index (χ4v) is 3.57. The van der Waals surface area contributed by atoms with E-state index in [-0.39, 0.29) is 12.0 Å². The molecule has 1 aliphatic carbocycles. The highest BCUT2D eigenvalue weighted by molar-refractivity contribution is 5.41. The minimum Gasteiger partial charge on any atom is -0.263 e. The zero-order valence-corrected chi connectivity index (χ0v) is 14.8. The summed E-state index contributed by atoms with van der Waals surface area (Å²) < 4.78 is 4.04. The summed E-state index contributed by atoms with van der Waals surface area (Å²) in [5, 5.41) is 9.47. The van der Waals surface area contributed by atoms with E-state index in [0.29, 0.717) is 0 Å². The molecule has 2 aromatic heterocycles. The normalized spacial score (nSPS) is 17.7. The van der Waals surface area contributed by atoms with Crippen LogP contribution in [0.1, 0.15) is 36.0 Å². The molecular weight excluding hydrogens is 308 g/mol. The maximum atomic E-state index is 4.81. The van der Waals surface area contributed by atoms with Crippen LogP contribution < -0.4 is 0 Å². The fourth-order valence-electron chi connectivity index (χ4n) is 3.57. The van der Waals surface area contributed by atoms with Crippen LogP contribution in [0.2, 0.25) is 0 Å². The predicted octanol–water partition coefficient (Wildman–Crippen LogP) is 4.53. The molecule has 2 heterocycles. The topological polar surface area (TPSA) is 35.6 Å². The summed E-state index contributed by atoms with van der Waals surface area (Å²) in [4.78, 5) is 0. The zero-order chi connectivity index (χ0) is 17.4. The lowest BCUT2D eigenvalue weighted by molar-refractivity contribution is 0.520. The monoisotopic (exact) mass is 330 g/mol. The summed E-state index contributed by atoms with van der Waals surface area (Å²) in [7, 11) is 0. The number of allylic oxidation sites excluding steroid dienone is 4. The molecule has 0 spiro atoms. The van der Waals surface area contributed by atoms with Crippen molar-refractivity contribution in [3.05, 3.63) is 89.5 Å². The molecule has 3 aromatic rings. The average molecular weight is 330 g/mol. The molecule has 1 unspecified atom stereocenters. The first kappa shape index (κ1) is 15.6. The van der Waals surface area contributed by atoms with E-state index in [0.717, 1.165) is 17.1 Å². The molecule has 4 rings (SSSR count). The second-order valence-electron chi connectivity index (χ2n) is 6.60. The van der Waals surface area contributed by atoms with Gasteiger partial charge in [0.05, 0.1) is 23.1 Å². The quantitative estimate of drug-likeness (QED) is 0.705. The van der Waals surface area contributed by atoms with Crippen molar-refractivity contribution in [3.63, 3.8) is 0 Å². The van der Waals surface area contributed by atoms with E-state index < -0.39 is 0 Å². The lowest BCUT2D eigenvalue weighted by Gasteiger charge is -2.21. The van der Waals surface area contributed by atoms with Crippen molar-refractivity contribution in [2.24, 2.45) is 0 Å². The maximum Gasteiger partial charge on any atom is 0.0739 e. The number of hydrogen-bond donors (Lipinski definition) is 0. The van der Waals surface area contributed by atoms with E-state index in [4.69, 9.17) is 5.10 Å². The van der Waals surface area contributed by atoms with Crippen LogP contribution in [0, 0.1) is 13.8 Å². The Morgan fingerprint density at radius 2 is 1.84 bits per heavy atom. The van der Waals surface area contributed by atoms with Crippen LogP contribution >= 0.6 is 0 Å². The average Bonchev–Trinajstić information content (AvgIpc) is 3.33. The standard InChI is InChI=1S/C21H22N4/c1-15-14-16(2)25(22-15)17(3)19-10-7-11-20(19)21-12-13-24(23-21)18-8-5-4-6-9-18/h4-14,17,20H,1-3H3/t17-,20?/m1/s1. The van der Waals surface area contributed by atoms with E-state index in [1.165, 1.54) is 11.3 Å². The summed E-state index contributed by atoms with van der Waals surface area (Å²) in [6.45, 7) is 6.36. The molecule has 0 radical (unpaired) electrons. The molecule has 0 aliphatic heterocycles. The summed E-state index contributed by atoms with van der Waals surface area (Å²) in [6.07, 6.45) is 8.58. The van der Waals surface area contributed by atoms with Gasteiger partial charge < -0.3 is 0 Å². The molecule has 1 aliphatic rings. The highest BCUT2D eigenvalue weighted by atomic mass is 15.3. The van der Waals surface area contributed by atoms with Gasteiger partial charge in [-0.1, -0.05) is 36.4 Å². The molecule has 1 aromatic carbocycles. The minimum atomic E-state index is 0.198. The number of hydrogen-bond acceptors (Lipinski definition) is 2. The van der Waals surface area contributed by atoms with E-state index in [1.54, 1.807) is 0 Å². The van der Waals surface area contributed by atoms with Crippen LogP contribution in [0.3, 0.4) is 0 Å². The molecule has 0 saturated heterocycles. The number of aryl methyl sites for hydroxylation is 2. The van der Waals surface area contributed by atoms with Gasteiger partial charge in [-0.3, -0.25) is 4.68 Å². The Kier molecular flexibility index (Phi) is 3.88. The predicted molar refractivity (Wildman–Crippen MR) is 99.9 cm³/mol. The number of nitrogens with zero attached hydrogens (tertiary/aromatic N) is 4. The van der Waals surface area contributed by atoms with Gasteiger partial charge in [0.1, 0.15) is 0 Å². The Labute approximate surface area is 148 Å². The van der Waals surface area contributed by atoms with E-state index in [1.807, 2.05) is 36.0 Å². The fraction of sp³-hybridized carbons (Fsp3) is 0.238. The van der Waals surface area contributed by atoms with Crippen molar-refractivity contribution in [3.8, 4) is 5.69 Å². The number of para-hydroxylation sites is 1. The van der Waals surface area contributed by atoms with Gasteiger partial charge in [-0.05, 0) is 50.6 Å². The Hall–Kier alpha value is -2.88. The highest BCUT2D eigenvalue weighted by Crippen LogP contribution is 2.36. The van der Waals surface area contributed by atoms with Crippen molar-refractivity contribution in [2.45, 2.75) is 32.7 Å². The van der Waals surface area contributed by atoms with Crippen LogP contribution in [0.15, 0.2) is 72.5 Å². The lowest BCUT2D eigenvalue weighted by Crippen LogP contribution is -2.15. The molecular formula is C21H22N4. The summed E-state index contributed by atoms with van der Waals surface area (Å²) in [6, 6.07) is 14.6. The third-order valence-corrected chi connectivity index (χ3v) is 4.79. The molecule has 0 amide bonds. The molecule has 2 atom stereocenters. The number of benzene rings is 1. The Balaban J connectivity index is 1.63. The number of aromatic nitrogens is 4. The minimum absolute atomic E-state index is 0.198. The van der Waals surface area contributed by atoms with Gasteiger partial charge in [-0.2, -0.15) is 10.2 Å². The van der Waals surface area contributed by atoms with E-state index in [2.05, 4.69) is 66.1 Å². The summed E-state index contributed by atoms with van der Waals surface area (Å²) >= 11 is 0. The van der Waals surface area contributed by atoms with Crippen LogP contribution in [0.5, 0.6) is 0 Å². The Bertz CT molecular complexity index is 943. The Morgan fingerprint density at radius 3 is 2.56 bits per heavy atom. The van der Waals surface area contributed by atoms with Crippen molar-refractivity contribution in [1.29, 1.82) is 0 Å². The van der Waals surface area contributed by atoms with Crippen LogP contribution in [0.4, 0.5) is 0 Å². The van der Waals surface area contributed by atoms with Crippen molar-refractivity contribution >= 4 is 0 Å². The molecule has 4 nitrogen and oxygen atoms in total. The molecule has 0 bridgehead atoms. The van der Waals surface area contributed by atoms with E-state index >= 15 is 0 Å². The third kappa shape index (κ3) is 2.84. The van der Waals surface area contributed by atoms with Gasteiger partial charge in [-0.25, -0.2) is 4.68 Å². The first-order valence-corrected chi connectivity index (χ1v) is 8.65. The molecule has 126 valence electrons. The molecule has 0 N–H and O–H groups in total. The molecule has 4 heteroatoms. The largest absolute Gasteiger partial charge is 0.263 e. The van der Waals surface area contributed by atoms with Crippen LogP contribution in [0.25, 0.3) is 5.69 Å². The first-order valence-electron chi connectivity index (χ1n) is 8.65. The second kappa shape index (κ2) is 6.20.